The topological polar surface area (TPSA) is 47.0 Å². The van der Waals surface area contributed by atoms with E-state index in [1.165, 1.54) is 0 Å². The number of halogens is 4. The molecule has 0 saturated carbocycles. The average molecular weight is 214 g/mol. The summed E-state index contributed by atoms with van der Waals surface area (Å²) in [7, 11) is -4.26. The zero-order valence-electron chi connectivity index (χ0n) is 7.86. The second-order valence-electron chi connectivity index (χ2n) is 1.94. The number of nitriles is 1. The van der Waals surface area contributed by atoms with Crippen molar-refractivity contribution in [3.05, 3.63) is 0 Å². The SMILES string of the molecule is CCOC(CC#N)=[NH+]C.F[B-](F)(F)F. The zero-order valence-corrected chi connectivity index (χ0v) is 7.86. The maximum absolute atomic E-state index is 9.75. The quantitative estimate of drug-likeness (QED) is 0.312. The third kappa shape index (κ3) is 22.4. The standard InChI is InChI=1S/C6H10N2O.BF4/c1-3-9-6(8-2)4-5-7;2-1(3,4)5/h3-4H2,1-2H3;/q;-1/p+1. The number of hydrogen-bond donors (Lipinski definition) is 1. The minimum absolute atomic E-state index is 0.324. The Morgan fingerprint density at radius 2 is 1.86 bits per heavy atom. The van der Waals surface area contributed by atoms with Gasteiger partial charge in [-0.15, -0.1) is 0 Å². The van der Waals surface area contributed by atoms with Crippen LogP contribution in [0, 0.1) is 11.3 Å². The number of hydrogen-bond acceptors (Lipinski definition) is 2. The van der Waals surface area contributed by atoms with E-state index in [9.17, 15) is 17.3 Å². The highest BCUT2D eigenvalue weighted by Crippen LogP contribution is 2.06. The van der Waals surface area contributed by atoms with Crippen molar-refractivity contribution in [2.75, 3.05) is 13.7 Å². The lowest BCUT2D eigenvalue weighted by atomic mass is 10.3. The van der Waals surface area contributed by atoms with Crippen LogP contribution in [0.3, 0.4) is 0 Å². The van der Waals surface area contributed by atoms with Crippen molar-refractivity contribution in [2.45, 2.75) is 13.3 Å². The minimum Gasteiger partial charge on any atom is -0.448 e. The lowest BCUT2D eigenvalue weighted by Crippen LogP contribution is -2.68. The summed E-state index contributed by atoms with van der Waals surface area (Å²) in [4.78, 5) is 2.78. The molecule has 0 rings (SSSR count). The zero-order chi connectivity index (χ0) is 11.6. The molecule has 3 nitrogen and oxygen atoms in total. The fourth-order valence-electron chi connectivity index (χ4n) is 0.458. The van der Waals surface area contributed by atoms with Gasteiger partial charge in [0, 0.05) is 0 Å². The molecule has 0 aromatic rings. The third-order valence-corrected chi connectivity index (χ3v) is 0.837. The summed E-state index contributed by atoms with van der Waals surface area (Å²) in [5, 5.41) is 8.20. The van der Waals surface area contributed by atoms with Crippen LogP contribution >= 0.6 is 0 Å². The summed E-state index contributed by atoms with van der Waals surface area (Å²) in [5.41, 5.74) is 0. The first-order valence-electron chi connectivity index (χ1n) is 3.75. The highest BCUT2D eigenvalue weighted by Gasteiger charge is 2.20. The molecule has 8 heteroatoms. The van der Waals surface area contributed by atoms with Gasteiger partial charge in [-0.3, -0.25) is 0 Å². The third-order valence-electron chi connectivity index (χ3n) is 0.837. The first-order chi connectivity index (χ1) is 6.35. The normalized spacial score (nSPS) is 11.1. The van der Waals surface area contributed by atoms with E-state index in [1.54, 1.807) is 7.05 Å². The Bertz CT molecular complexity index is 205. The summed E-state index contributed by atoms with van der Waals surface area (Å²) in [5.74, 6) is 0.639. The van der Waals surface area contributed by atoms with E-state index in [0.717, 1.165) is 0 Å². The van der Waals surface area contributed by atoms with Crippen molar-refractivity contribution in [3.63, 3.8) is 0 Å². The van der Waals surface area contributed by atoms with Crippen LogP contribution < -0.4 is 4.99 Å². The van der Waals surface area contributed by atoms with Crippen molar-refractivity contribution in [1.29, 1.82) is 5.26 Å². The molecule has 0 radical (unpaired) electrons. The maximum atomic E-state index is 9.75. The van der Waals surface area contributed by atoms with Crippen molar-refractivity contribution in [1.82, 2.24) is 0 Å². The molecule has 14 heavy (non-hydrogen) atoms. The van der Waals surface area contributed by atoms with Gasteiger partial charge in [0.05, 0.1) is 12.7 Å². The molecule has 0 spiro atoms. The van der Waals surface area contributed by atoms with Crippen LogP contribution in [0.5, 0.6) is 0 Å². The van der Waals surface area contributed by atoms with Crippen LogP contribution in [0.15, 0.2) is 0 Å². The molecule has 0 aliphatic heterocycles. The molecule has 0 bridgehead atoms. The molecule has 0 aliphatic rings. The van der Waals surface area contributed by atoms with Gasteiger partial charge in [-0.2, -0.15) is 5.26 Å². The van der Waals surface area contributed by atoms with E-state index >= 15 is 0 Å². The largest absolute Gasteiger partial charge is 0.673 e. The first kappa shape index (κ1) is 15.2. The van der Waals surface area contributed by atoms with Crippen molar-refractivity contribution < 1.29 is 27.0 Å². The van der Waals surface area contributed by atoms with Gasteiger partial charge in [0.1, 0.15) is 7.05 Å². The molecule has 0 saturated heterocycles. The van der Waals surface area contributed by atoms with Crippen LogP contribution in [0.2, 0.25) is 0 Å². The number of nitrogens with zero attached hydrogens (tertiary/aromatic N) is 1. The molecule has 0 aromatic carbocycles. The lowest BCUT2D eigenvalue weighted by molar-refractivity contribution is -0.432. The second kappa shape index (κ2) is 8.35. The van der Waals surface area contributed by atoms with Gasteiger partial charge in [0.15, 0.2) is 6.42 Å². The fourth-order valence-corrected chi connectivity index (χ4v) is 0.458. The smallest absolute Gasteiger partial charge is 0.448 e. The van der Waals surface area contributed by atoms with Crippen molar-refractivity contribution in [3.8, 4) is 6.07 Å². The Balaban J connectivity index is 0. The summed E-state index contributed by atoms with van der Waals surface area (Å²) in [6.07, 6.45) is 0.324. The molecule has 0 heterocycles. The van der Waals surface area contributed by atoms with E-state index in [4.69, 9.17) is 10.00 Å². The van der Waals surface area contributed by atoms with Crippen molar-refractivity contribution >= 4 is 13.2 Å². The van der Waals surface area contributed by atoms with Crippen molar-refractivity contribution in [2.24, 2.45) is 0 Å². The lowest BCUT2D eigenvalue weighted by Gasteiger charge is -1.94. The molecule has 1 N–H and O–H groups in total. The Kier molecular flexibility index (Phi) is 9.08. The highest BCUT2D eigenvalue weighted by atomic mass is 19.5. The second-order valence-corrected chi connectivity index (χ2v) is 1.94. The number of ether oxygens (including phenoxy) is 1. The van der Waals surface area contributed by atoms with Gasteiger partial charge in [-0.05, 0) is 6.92 Å². The summed E-state index contributed by atoms with van der Waals surface area (Å²) >= 11 is 0. The van der Waals surface area contributed by atoms with Gasteiger partial charge >= 0.3 is 13.2 Å². The Labute approximate surface area is 79.5 Å². The van der Waals surface area contributed by atoms with E-state index in [-0.39, 0.29) is 0 Å². The Morgan fingerprint density at radius 3 is 2.07 bits per heavy atom. The van der Waals surface area contributed by atoms with Crippen LogP contribution in [-0.4, -0.2) is 26.8 Å². The monoisotopic (exact) mass is 214 g/mol. The minimum atomic E-state index is -6.00. The number of rotatable bonds is 2. The highest BCUT2D eigenvalue weighted by molar-refractivity contribution is 6.50. The Morgan fingerprint density at radius 1 is 1.43 bits per heavy atom. The average Bonchev–Trinajstić information content (AvgIpc) is 2.01. The molecule has 0 unspecified atom stereocenters. The molecule has 0 atom stereocenters. The van der Waals surface area contributed by atoms with Gasteiger partial charge in [-0.25, -0.2) is 4.99 Å². The summed E-state index contributed by atoms with van der Waals surface area (Å²) in [6.45, 7) is 2.49. The van der Waals surface area contributed by atoms with Gasteiger partial charge < -0.3 is 22.0 Å². The Hall–Kier alpha value is -1.26. The predicted molar refractivity (Wildman–Crippen MR) is 43.9 cm³/mol. The molecule has 0 aliphatic carbocycles. The predicted octanol–water partition coefficient (Wildman–Crippen LogP) is 0.345. The molecule has 82 valence electrons. The molecular weight excluding hydrogens is 203 g/mol. The maximum Gasteiger partial charge on any atom is 0.673 e. The van der Waals surface area contributed by atoms with Crippen LogP contribution in [0.25, 0.3) is 0 Å². The fraction of sp³-hybridized carbons (Fsp3) is 0.667. The molecule has 0 aromatic heterocycles. The summed E-state index contributed by atoms with van der Waals surface area (Å²) in [6, 6.07) is 1.98. The number of nitrogens with one attached hydrogen (secondary N) is 1. The summed E-state index contributed by atoms with van der Waals surface area (Å²) < 4.78 is 44.0. The van der Waals surface area contributed by atoms with E-state index in [0.29, 0.717) is 18.9 Å². The van der Waals surface area contributed by atoms with Gasteiger partial charge in [-0.1, -0.05) is 0 Å². The van der Waals surface area contributed by atoms with Crippen LogP contribution in [0.4, 0.5) is 17.3 Å². The van der Waals surface area contributed by atoms with E-state index in [1.807, 2.05) is 13.0 Å². The van der Waals surface area contributed by atoms with Crippen LogP contribution in [0.1, 0.15) is 13.3 Å². The van der Waals surface area contributed by atoms with E-state index in [2.05, 4.69) is 4.99 Å². The molecule has 0 fully saturated rings. The van der Waals surface area contributed by atoms with Gasteiger partial charge in [0.25, 0.3) is 0 Å². The van der Waals surface area contributed by atoms with Crippen LogP contribution in [-0.2, 0) is 4.74 Å². The molecular formula is C6H11BF4N2O. The first-order valence-corrected chi connectivity index (χ1v) is 3.75. The van der Waals surface area contributed by atoms with Gasteiger partial charge in [0.2, 0.25) is 0 Å². The molecule has 0 amide bonds. The van der Waals surface area contributed by atoms with E-state index < -0.39 is 7.25 Å².